The van der Waals surface area contributed by atoms with E-state index >= 15 is 0 Å². The van der Waals surface area contributed by atoms with Gasteiger partial charge in [-0.3, -0.25) is 14.5 Å². The Bertz CT molecular complexity index is 1190. The highest BCUT2D eigenvalue weighted by Crippen LogP contribution is 2.22. The fourth-order valence-corrected chi connectivity index (χ4v) is 4.07. The first-order chi connectivity index (χ1) is 14.9. The van der Waals surface area contributed by atoms with Crippen molar-refractivity contribution < 1.29 is 4.79 Å². The molecule has 2 N–H and O–H groups in total. The first kappa shape index (κ1) is 21.0. The fraction of sp³-hybridized carbons (Fsp3) is 0.391. The lowest BCUT2D eigenvalue weighted by atomic mass is 10.1. The number of aryl methyl sites for hydroxylation is 3. The van der Waals surface area contributed by atoms with E-state index in [1.807, 2.05) is 19.1 Å². The number of amides is 1. The van der Waals surface area contributed by atoms with Crippen molar-refractivity contribution in [2.24, 2.45) is 0 Å². The molecule has 3 aromatic rings. The third kappa shape index (κ3) is 4.29. The van der Waals surface area contributed by atoms with Gasteiger partial charge < -0.3 is 15.2 Å². The summed E-state index contributed by atoms with van der Waals surface area (Å²) in [7, 11) is 1.61. The first-order valence-corrected chi connectivity index (χ1v) is 10.5. The van der Waals surface area contributed by atoms with Crippen LogP contribution in [-0.4, -0.2) is 59.0 Å². The number of pyridine rings is 1. The number of benzene rings is 1. The lowest BCUT2D eigenvalue weighted by Gasteiger charge is -2.36. The number of H-pyrrole nitrogens is 1. The standard InChI is InChI=1S/C23H28N6O2/c1-14-11-19-20(27-22(30)16(3)26-19)12-17(14)13-28-7-9-29(10-8-28)21-6-5-18(23(31)24-4)25-15(21)2/h5-6,11-12H,7-10,13H2,1-4H3,(H,24,31)(H,27,30). The summed E-state index contributed by atoms with van der Waals surface area (Å²) in [5, 5.41) is 2.61. The van der Waals surface area contributed by atoms with Gasteiger partial charge in [0, 0.05) is 39.8 Å². The number of fused-ring (bicyclic) bond motifs is 1. The van der Waals surface area contributed by atoms with Crippen molar-refractivity contribution in [3.63, 3.8) is 0 Å². The number of aromatic amines is 1. The molecule has 1 fully saturated rings. The third-order valence-electron chi connectivity index (χ3n) is 5.94. The molecular weight excluding hydrogens is 392 g/mol. The number of nitrogens with one attached hydrogen (secondary N) is 2. The number of carbonyl (C=O) groups excluding carboxylic acids is 1. The van der Waals surface area contributed by atoms with Crippen molar-refractivity contribution >= 4 is 22.6 Å². The van der Waals surface area contributed by atoms with Crippen LogP contribution in [0.5, 0.6) is 0 Å². The molecule has 0 radical (unpaired) electrons. The van der Waals surface area contributed by atoms with Crippen LogP contribution in [0.15, 0.2) is 29.1 Å². The van der Waals surface area contributed by atoms with Gasteiger partial charge in [0.25, 0.3) is 11.5 Å². The summed E-state index contributed by atoms with van der Waals surface area (Å²) in [5.74, 6) is -0.170. The molecule has 1 aliphatic heterocycles. The van der Waals surface area contributed by atoms with Gasteiger partial charge in [-0.1, -0.05) is 0 Å². The Morgan fingerprint density at radius 3 is 2.48 bits per heavy atom. The van der Waals surface area contributed by atoms with Crippen molar-refractivity contribution in [3.05, 3.63) is 62.8 Å². The molecule has 1 aliphatic rings. The van der Waals surface area contributed by atoms with E-state index in [2.05, 4.69) is 43.1 Å². The van der Waals surface area contributed by atoms with Crippen LogP contribution < -0.4 is 15.8 Å². The van der Waals surface area contributed by atoms with Gasteiger partial charge in [0.05, 0.1) is 22.4 Å². The Morgan fingerprint density at radius 2 is 1.81 bits per heavy atom. The Balaban J connectivity index is 1.45. The summed E-state index contributed by atoms with van der Waals surface area (Å²) < 4.78 is 0. The van der Waals surface area contributed by atoms with Crippen molar-refractivity contribution in [1.29, 1.82) is 0 Å². The molecule has 0 aliphatic carbocycles. The number of rotatable bonds is 4. The molecule has 8 nitrogen and oxygen atoms in total. The Morgan fingerprint density at radius 1 is 1.06 bits per heavy atom. The molecule has 162 valence electrons. The second-order valence-electron chi connectivity index (χ2n) is 8.09. The van der Waals surface area contributed by atoms with Crippen LogP contribution in [0, 0.1) is 20.8 Å². The van der Waals surface area contributed by atoms with E-state index < -0.39 is 0 Å². The van der Waals surface area contributed by atoms with Crippen LogP contribution in [0.2, 0.25) is 0 Å². The van der Waals surface area contributed by atoms with Gasteiger partial charge in [-0.15, -0.1) is 0 Å². The van der Waals surface area contributed by atoms with Crippen molar-refractivity contribution in [3.8, 4) is 0 Å². The highest BCUT2D eigenvalue weighted by molar-refractivity contribution is 5.92. The van der Waals surface area contributed by atoms with E-state index in [4.69, 9.17) is 0 Å². The topological polar surface area (TPSA) is 94.2 Å². The van der Waals surface area contributed by atoms with E-state index in [9.17, 15) is 9.59 Å². The predicted molar refractivity (Wildman–Crippen MR) is 122 cm³/mol. The minimum atomic E-state index is -0.170. The van der Waals surface area contributed by atoms with Crippen LogP contribution in [0.3, 0.4) is 0 Å². The van der Waals surface area contributed by atoms with Gasteiger partial charge in [0.15, 0.2) is 0 Å². The van der Waals surface area contributed by atoms with Crippen LogP contribution in [0.4, 0.5) is 5.69 Å². The fourth-order valence-electron chi connectivity index (χ4n) is 4.07. The minimum absolute atomic E-state index is 0.137. The maximum Gasteiger partial charge on any atom is 0.269 e. The van der Waals surface area contributed by atoms with Gasteiger partial charge >= 0.3 is 0 Å². The van der Waals surface area contributed by atoms with Crippen LogP contribution in [-0.2, 0) is 6.54 Å². The van der Waals surface area contributed by atoms with Crippen molar-refractivity contribution in [2.45, 2.75) is 27.3 Å². The Hall–Kier alpha value is -3.26. The summed E-state index contributed by atoms with van der Waals surface area (Å²) in [6.07, 6.45) is 0. The summed E-state index contributed by atoms with van der Waals surface area (Å²) in [6.45, 7) is 10.2. The lowest BCUT2D eigenvalue weighted by Crippen LogP contribution is -2.46. The molecule has 1 amide bonds. The van der Waals surface area contributed by atoms with Crippen LogP contribution in [0.1, 0.15) is 33.0 Å². The molecule has 0 saturated carbocycles. The van der Waals surface area contributed by atoms with E-state index in [0.29, 0.717) is 11.4 Å². The predicted octanol–water partition coefficient (Wildman–Crippen LogP) is 1.93. The number of nitrogens with zero attached hydrogens (tertiary/aromatic N) is 4. The SMILES string of the molecule is CNC(=O)c1ccc(N2CCN(Cc3cc4[nH]c(=O)c(C)nc4cc3C)CC2)c(C)n1. The zero-order valence-electron chi connectivity index (χ0n) is 18.5. The maximum absolute atomic E-state index is 11.9. The molecular formula is C23H28N6O2. The molecule has 1 aromatic carbocycles. The van der Waals surface area contributed by atoms with Gasteiger partial charge in [-0.2, -0.15) is 0 Å². The molecule has 0 bridgehead atoms. The zero-order valence-corrected chi connectivity index (χ0v) is 18.5. The first-order valence-electron chi connectivity index (χ1n) is 10.5. The summed E-state index contributed by atoms with van der Waals surface area (Å²) >= 11 is 0. The lowest BCUT2D eigenvalue weighted by molar-refractivity contribution is 0.0958. The number of aromatic nitrogens is 3. The second-order valence-corrected chi connectivity index (χ2v) is 8.09. The maximum atomic E-state index is 11.9. The van der Waals surface area contributed by atoms with E-state index in [1.165, 1.54) is 11.1 Å². The van der Waals surface area contributed by atoms with E-state index in [1.54, 1.807) is 20.0 Å². The highest BCUT2D eigenvalue weighted by atomic mass is 16.1. The molecule has 0 spiro atoms. The zero-order chi connectivity index (χ0) is 22.1. The number of hydrogen-bond acceptors (Lipinski definition) is 6. The summed E-state index contributed by atoms with van der Waals surface area (Å²) in [5.41, 5.74) is 6.73. The average molecular weight is 421 g/mol. The molecule has 1 saturated heterocycles. The van der Waals surface area contributed by atoms with Crippen molar-refractivity contribution in [2.75, 3.05) is 38.1 Å². The molecule has 8 heteroatoms. The molecule has 2 aromatic heterocycles. The molecule has 0 atom stereocenters. The van der Waals surface area contributed by atoms with Crippen LogP contribution in [0.25, 0.3) is 11.0 Å². The summed E-state index contributed by atoms with van der Waals surface area (Å²) in [4.78, 5) is 40.3. The van der Waals surface area contributed by atoms with E-state index in [-0.39, 0.29) is 11.5 Å². The van der Waals surface area contributed by atoms with Gasteiger partial charge in [0.2, 0.25) is 0 Å². The van der Waals surface area contributed by atoms with Crippen LogP contribution >= 0.6 is 0 Å². The number of hydrogen-bond donors (Lipinski definition) is 2. The monoisotopic (exact) mass is 420 g/mol. The van der Waals surface area contributed by atoms with Gasteiger partial charge in [0.1, 0.15) is 11.4 Å². The third-order valence-corrected chi connectivity index (χ3v) is 5.94. The highest BCUT2D eigenvalue weighted by Gasteiger charge is 2.20. The second kappa shape index (κ2) is 8.47. The Kier molecular flexibility index (Phi) is 5.73. The number of carbonyl (C=O) groups is 1. The minimum Gasteiger partial charge on any atom is -0.368 e. The molecule has 31 heavy (non-hydrogen) atoms. The summed E-state index contributed by atoms with van der Waals surface area (Å²) in [6, 6.07) is 7.87. The quantitative estimate of drug-likeness (QED) is 0.670. The molecule has 3 heterocycles. The molecule has 4 rings (SSSR count). The van der Waals surface area contributed by atoms with Crippen molar-refractivity contribution in [1.82, 2.24) is 25.2 Å². The largest absolute Gasteiger partial charge is 0.368 e. The van der Waals surface area contributed by atoms with Gasteiger partial charge in [-0.05, 0) is 56.2 Å². The normalized spacial score (nSPS) is 14.8. The average Bonchev–Trinajstić information content (AvgIpc) is 2.76. The Labute approximate surface area is 181 Å². The van der Waals surface area contributed by atoms with Gasteiger partial charge in [-0.25, -0.2) is 9.97 Å². The molecule has 0 unspecified atom stereocenters. The smallest absolute Gasteiger partial charge is 0.269 e. The number of piperazine rings is 1. The number of anilines is 1. The van der Waals surface area contributed by atoms with E-state index in [0.717, 1.165) is 55.1 Å².